The smallest absolute Gasteiger partial charge is 0.373 e. The van der Waals surface area contributed by atoms with Gasteiger partial charge in [-0.3, -0.25) is 0 Å². The molecular weight excluding hydrogens is 244 g/mol. The van der Waals surface area contributed by atoms with E-state index in [0.717, 1.165) is 11.9 Å². The highest BCUT2D eigenvalue weighted by Crippen LogP contribution is 2.19. The Morgan fingerprint density at radius 2 is 2.16 bits per heavy atom. The van der Waals surface area contributed by atoms with Crippen molar-refractivity contribution in [1.82, 2.24) is 9.97 Å². The highest BCUT2D eigenvalue weighted by molar-refractivity contribution is 5.84. The maximum absolute atomic E-state index is 10.7. The van der Waals surface area contributed by atoms with Gasteiger partial charge in [0.05, 0.1) is 6.20 Å². The fraction of sp³-hybridized carbons (Fsp3) is 0.143. The van der Waals surface area contributed by atoms with Gasteiger partial charge in [-0.1, -0.05) is 18.2 Å². The van der Waals surface area contributed by atoms with Gasteiger partial charge in [0, 0.05) is 23.5 Å². The Bertz CT molecular complexity index is 727. The van der Waals surface area contributed by atoms with Crippen LogP contribution in [0.4, 0.5) is 0 Å². The van der Waals surface area contributed by atoms with Crippen molar-refractivity contribution in [3.05, 3.63) is 53.9 Å². The van der Waals surface area contributed by atoms with E-state index in [2.05, 4.69) is 16.0 Å². The Labute approximate surface area is 108 Å². The maximum Gasteiger partial charge on any atom is 0.373 e. The molecular formula is C14H12N2O3. The third-order valence-electron chi connectivity index (χ3n) is 3.05. The molecule has 0 saturated heterocycles. The van der Waals surface area contributed by atoms with E-state index in [1.807, 2.05) is 24.4 Å². The SMILES string of the molecule is O=C(O)c1cnc(CCc2c[nH]c3ccccc23)o1. The van der Waals surface area contributed by atoms with E-state index in [0.29, 0.717) is 12.3 Å². The van der Waals surface area contributed by atoms with Crippen molar-refractivity contribution in [2.45, 2.75) is 12.8 Å². The molecule has 1 aromatic carbocycles. The molecule has 5 heteroatoms. The summed E-state index contributed by atoms with van der Waals surface area (Å²) in [5, 5.41) is 9.93. The summed E-state index contributed by atoms with van der Waals surface area (Å²) in [7, 11) is 0. The molecule has 0 atom stereocenters. The molecule has 0 aliphatic carbocycles. The van der Waals surface area contributed by atoms with Crippen LogP contribution in [0.15, 0.2) is 41.1 Å². The van der Waals surface area contributed by atoms with Crippen LogP contribution in [-0.2, 0) is 12.8 Å². The highest BCUT2D eigenvalue weighted by Gasteiger charge is 2.11. The number of fused-ring (bicyclic) bond motifs is 1. The molecule has 2 N–H and O–H groups in total. The molecule has 96 valence electrons. The number of nitrogens with zero attached hydrogens (tertiary/aromatic N) is 1. The van der Waals surface area contributed by atoms with Crippen LogP contribution in [0.1, 0.15) is 22.0 Å². The molecule has 0 radical (unpaired) electrons. The van der Waals surface area contributed by atoms with E-state index in [9.17, 15) is 4.79 Å². The van der Waals surface area contributed by atoms with Crippen LogP contribution in [-0.4, -0.2) is 21.0 Å². The van der Waals surface area contributed by atoms with E-state index in [-0.39, 0.29) is 5.76 Å². The van der Waals surface area contributed by atoms with E-state index in [4.69, 9.17) is 9.52 Å². The second-order valence-electron chi connectivity index (χ2n) is 4.28. The summed E-state index contributed by atoms with van der Waals surface area (Å²) in [4.78, 5) is 17.8. The Balaban J connectivity index is 1.76. The maximum atomic E-state index is 10.7. The third kappa shape index (κ3) is 2.22. The van der Waals surface area contributed by atoms with E-state index in [1.54, 1.807) is 0 Å². The first-order valence-electron chi connectivity index (χ1n) is 5.97. The summed E-state index contributed by atoms with van der Waals surface area (Å²) in [6.45, 7) is 0. The first-order chi connectivity index (χ1) is 9.24. The van der Waals surface area contributed by atoms with Gasteiger partial charge in [0.15, 0.2) is 5.89 Å². The van der Waals surface area contributed by atoms with Gasteiger partial charge in [-0.25, -0.2) is 9.78 Å². The van der Waals surface area contributed by atoms with Crippen molar-refractivity contribution < 1.29 is 14.3 Å². The number of carboxylic acid groups (broad SMARTS) is 1. The van der Waals surface area contributed by atoms with Gasteiger partial charge in [-0.05, 0) is 18.1 Å². The number of hydrogen-bond acceptors (Lipinski definition) is 3. The van der Waals surface area contributed by atoms with Crippen LogP contribution in [0.5, 0.6) is 0 Å². The topological polar surface area (TPSA) is 79.1 Å². The lowest BCUT2D eigenvalue weighted by molar-refractivity contribution is 0.0660. The number of oxazole rings is 1. The first kappa shape index (κ1) is 11.5. The zero-order chi connectivity index (χ0) is 13.2. The summed E-state index contributed by atoms with van der Waals surface area (Å²) in [5.41, 5.74) is 2.27. The van der Waals surface area contributed by atoms with Gasteiger partial charge in [0.25, 0.3) is 0 Å². The number of rotatable bonds is 4. The van der Waals surface area contributed by atoms with Crippen molar-refractivity contribution >= 4 is 16.9 Å². The number of aromatic amines is 1. The highest BCUT2D eigenvalue weighted by atomic mass is 16.4. The minimum Gasteiger partial charge on any atom is -0.475 e. The second kappa shape index (κ2) is 4.61. The lowest BCUT2D eigenvalue weighted by Gasteiger charge is -1.96. The van der Waals surface area contributed by atoms with Crippen LogP contribution < -0.4 is 0 Å². The molecule has 5 nitrogen and oxygen atoms in total. The van der Waals surface area contributed by atoms with Gasteiger partial charge in [0.2, 0.25) is 5.76 Å². The summed E-state index contributed by atoms with van der Waals surface area (Å²) < 4.78 is 5.13. The van der Waals surface area contributed by atoms with Gasteiger partial charge < -0.3 is 14.5 Å². The van der Waals surface area contributed by atoms with Gasteiger partial charge in [-0.15, -0.1) is 0 Å². The second-order valence-corrected chi connectivity index (χ2v) is 4.28. The van der Waals surface area contributed by atoms with E-state index in [1.165, 1.54) is 17.1 Å². The van der Waals surface area contributed by atoms with Gasteiger partial charge in [0.1, 0.15) is 0 Å². The fourth-order valence-electron chi connectivity index (χ4n) is 2.10. The molecule has 0 unspecified atom stereocenters. The minimum absolute atomic E-state index is 0.117. The molecule has 3 aromatic rings. The zero-order valence-corrected chi connectivity index (χ0v) is 10.1. The molecule has 0 bridgehead atoms. The molecule has 2 aromatic heterocycles. The fourth-order valence-corrected chi connectivity index (χ4v) is 2.10. The number of aryl methyl sites for hydroxylation is 2. The number of aromatic nitrogens is 2. The summed E-state index contributed by atoms with van der Waals surface area (Å²) >= 11 is 0. The third-order valence-corrected chi connectivity index (χ3v) is 3.05. The number of para-hydroxylation sites is 1. The average Bonchev–Trinajstić information content (AvgIpc) is 3.03. The van der Waals surface area contributed by atoms with E-state index >= 15 is 0 Å². The molecule has 2 heterocycles. The number of nitrogens with one attached hydrogen (secondary N) is 1. The molecule has 19 heavy (non-hydrogen) atoms. The standard InChI is InChI=1S/C14H12N2O3/c17-14(18)12-8-16-13(19-12)6-5-9-7-15-11-4-2-1-3-10(9)11/h1-4,7-8,15H,5-6H2,(H,17,18). The van der Waals surface area contributed by atoms with Crippen molar-refractivity contribution in [3.8, 4) is 0 Å². The van der Waals surface area contributed by atoms with Crippen LogP contribution in [0, 0.1) is 0 Å². The van der Waals surface area contributed by atoms with Crippen molar-refractivity contribution in [1.29, 1.82) is 0 Å². The quantitative estimate of drug-likeness (QED) is 0.752. The molecule has 0 saturated carbocycles. The molecule has 3 rings (SSSR count). The molecule has 0 amide bonds. The average molecular weight is 256 g/mol. The summed E-state index contributed by atoms with van der Waals surface area (Å²) in [6.07, 6.45) is 4.54. The minimum atomic E-state index is -1.09. The van der Waals surface area contributed by atoms with Crippen LogP contribution in [0.2, 0.25) is 0 Å². The Kier molecular flexibility index (Phi) is 2.79. The number of hydrogen-bond donors (Lipinski definition) is 2. The predicted molar refractivity (Wildman–Crippen MR) is 69.2 cm³/mol. The first-order valence-corrected chi connectivity index (χ1v) is 5.97. The Hall–Kier alpha value is -2.56. The lowest BCUT2D eigenvalue weighted by Crippen LogP contribution is -1.93. The number of carbonyl (C=O) groups is 1. The van der Waals surface area contributed by atoms with Gasteiger partial charge in [-0.2, -0.15) is 0 Å². The van der Waals surface area contributed by atoms with Crippen molar-refractivity contribution in [2.75, 3.05) is 0 Å². The largest absolute Gasteiger partial charge is 0.475 e. The van der Waals surface area contributed by atoms with Crippen molar-refractivity contribution in [2.24, 2.45) is 0 Å². The lowest BCUT2D eigenvalue weighted by atomic mass is 10.1. The molecule has 0 fully saturated rings. The number of H-pyrrole nitrogens is 1. The number of carboxylic acids is 1. The van der Waals surface area contributed by atoms with Crippen molar-refractivity contribution in [3.63, 3.8) is 0 Å². The number of benzene rings is 1. The predicted octanol–water partition coefficient (Wildman–Crippen LogP) is 2.64. The molecule has 0 aliphatic rings. The van der Waals surface area contributed by atoms with Crippen LogP contribution >= 0.6 is 0 Å². The summed E-state index contributed by atoms with van der Waals surface area (Å²) in [6, 6.07) is 8.05. The molecule has 0 aliphatic heterocycles. The summed E-state index contributed by atoms with van der Waals surface area (Å²) in [5.74, 6) is -0.762. The Morgan fingerprint density at radius 3 is 2.95 bits per heavy atom. The van der Waals surface area contributed by atoms with Gasteiger partial charge >= 0.3 is 5.97 Å². The monoisotopic (exact) mass is 256 g/mol. The normalized spacial score (nSPS) is 10.9. The zero-order valence-electron chi connectivity index (χ0n) is 10.1. The van der Waals surface area contributed by atoms with Crippen LogP contribution in [0.3, 0.4) is 0 Å². The van der Waals surface area contributed by atoms with Crippen LogP contribution in [0.25, 0.3) is 10.9 Å². The molecule has 0 spiro atoms. The Morgan fingerprint density at radius 1 is 1.32 bits per heavy atom. The number of aromatic carboxylic acids is 1. The van der Waals surface area contributed by atoms with E-state index < -0.39 is 5.97 Å².